The summed E-state index contributed by atoms with van der Waals surface area (Å²) >= 11 is 0. The van der Waals surface area contributed by atoms with Crippen molar-refractivity contribution in [3.8, 4) is 0 Å². The second-order valence-corrected chi connectivity index (χ2v) is 1.25. The van der Waals surface area contributed by atoms with Crippen LogP contribution >= 0.6 is 0 Å². The summed E-state index contributed by atoms with van der Waals surface area (Å²) in [5.41, 5.74) is 5.58. The van der Waals surface area contributed by atoms with Crippen molar-refractivity contribution >= 4 is 0 Å². The van der Waals surface area contributed by atoms with Gasteiger partial charge in [0.15, 0.2) is 0 Å². The molecule has 0 aromatic carbocycles. The highest BCUT2D eigenvalue weighted by Gasteiger charge is 1.77. The van der Waals surface area contributed by atoms with Crippen molar-refractivity contribution in [3.05, 3.63) is 0 Å². The molecular weight excluding hydrogens is 92.1 g/mol. The number of aliphatic hydroxyl groups is 1. The Bertz CT molecular complexity index is 28.9. The van der Waals surface area contributed by atoms with E-state index in [0.717, 1.165) is 13.0 Å². The Morgan fingerprint density at radius 3 is 2.71 bits per heavy atom. The highest BCUT2D eigenvalue weighted by Crippen LogP contribution is 1.66. The Hall–Kier alpha value is -0.120. The first-order valence-corrected chi connectivity index (χ1v) is 2.42. The second-order valence-electron chi connectivity index (χ2n) is 1.25. The topological polar surface area (TPSA) is 44.3 Å². The summed E-state index contributed by atoms with van der Waals surface area (Å²) < 4.78 is 0. The quantitative estimate of drug-likeness (QED) is 0.320. The second kappa shape index (κ2) is 5.88. The summed E-state index contributed by atoms with van der Waals surface area (Å²) in [5, 5.41) is 8.23. The van der Waals surface area contributed by atoms with E-state index in [-0.39, 0.29) is 6.61 Å². The highest BCUT2D eigenvalue weighted by atomic mass is 16.3. The maximum absolute atomic E-state index is 8.23. The Morgan fingerprint density at radius 2 is 2.29 bits per heavy atom. The zero-order valence-electron chi connectivity index (χ0n) is 4.57. The molecule has 0 saturated carbocycles. The van der Waals surface area contributed by atoms with Gasteiger partial charge in [-0.1, -0.05) is 0 Å². The van der Waals surface area contributed by atoms with Crippen molar-refractivity contribution < 1.29 is 5.11 Å². The van der Waals surface area contributed by atoms with Crippen LogP contribution in [0.4, 0.5) is 0 Å². The average molecular weight is 104 g/mol. The van der Waals surface area contributed by atoms with Gasteiger partial charge >= 0.3 is 0 Å². The molecule has 3 heteroatoms. The first kappa shape index (κ1) is 6.88. The van der Waals surface area contributed by atoms with Gasteiger partial charge in [-0.05, 0) is 13.5 Å². The van der Waals surface area contributed by atoms with Crippen molar-refractivity contribution in [1.29, 1.82) is 0 Å². The standard InChI is InChI=1S/C4H12N2O/c1-5-6-3-2-4-7/h5-7H,2-4H2,1H3. The van der Waals surface area contributed by atoms with Crippen LogP contribution in [0.25, 0.3) is 0 Å². The third-order valence-electron chi connectivity index (χ3n) is 0.637. The molecule has 0 rings (SSSR count). The fourth-order valence-corrected chi connectivity index (χ4v) is 0.292. The average Bonchev–Trinajstić information content (AvgIpc) is 1.69. The first-order valence-electron chi connectivity index (χ1n) is 2.42. The molecule has 0 unspecified atom stereocenters. The molecule has 0 radical (unpaired) electrons. The molecule has 0 aromatic rings. The molecule has 0 aromatic heterocycles. The molecule has 7 heavy (non-hydrogen) atoms. The van der Waals surface area contributed by atoms with Gasteiger partial charge in [-0.25, -0.2) is 0 Å². The van der Waals surface area contributed by atoms with Crippen LogP contribution in [0.2, 0.25) is 0 Å². The molecule has 0 bridgehead atoms. The van der Waals surface area contributed by atoms with Crippen LogP contribution in [0.1, 0.15) is 6.42 Å². The molecule has 0 amide bonds. The van der Waals surface area contributed by atoms with Gasteiger partial charge in [0, 0.05) is 13.2 Å². The fraction of sp³-hybridized carbons (Fsp3) is 1.00. The van der Waals surface area contributed by atoms with Gasteiger partial charge in [-0.2, -0.15) is 0 Å². The van der Waals surface area contributed by atoms with Crippen LogP contribution in [-0.2, 0) is 0 Å². The van der Waals surface area contributed by atoms with Crippen LogP contribution in [0.5, 0.6) is 0 Å². The van der Waals surface area contributed by atoms with Gasteiger partial charge in [-0.15, -0.1) is 0 Å². The van der Waals surface area contributed by atoms with Crippen molar-refractivity contribution in [1.82, 2.24) is 10.9 Å². The van der Waals surface area contributed by atoms with E-state index >= 15 is 0 Å². The molecule has 0 aliphatic rings. The summed E-state index contributed by atoms with van der Waals surface area (Å²) in [7, 11) is 1.80. The number of nitrogens with one attached hydrogen (secondary N) is 2. The van der Waals surface area contributed by atoms with Crippen LogP contribution in [0.15, 0.2) is 0 Å². The third kappa shape index (κ3) is 5.88. The first-order chi connectivity index (χ1) is 3.41. The van der Waals surface area contributed by atoms with Crippen molar-refractivity contribution in [2.75, 3.05) is 20.2 Å². The minimum absolute atomic E-state index is 0.259. The van der Waals surface area contributed by atoms with Crippen molar-refractivity contribution in [3.63, 3.8) is 0 Å². The van der Waals surface area contributed by atoms with E-state index in [2.05, 4.69) is 10.9 Å². The third-order valence-corrected chi connectivity index (χ3v) is 0.637. The molecule has 0 aliphatic carbocycles. The summed E-state index contributed by atoms with van der Waals surface area (Å²) in [6.45, 7) is 1.08. The van der Waals surface area contributed by atoms with Gasteiger partial charge in [-0.3, -0.25) is 10.9 Å². The van der Waals surface area contributed by atoms with Crippen LogP contribution in [0, 0.1) is 0 Å². The van der Waals surface area contributed by atoms with Crippen molar-refractivity contribution in [2.24, 2.45) is 0 Å². The van der Waals surface area contributed by atoms with Crippen LogP contribution in [-0.4, -0.2) is 25.3 Å². The van der Waals surface area contributed by atoms with Gasteiger partial charge < -0.3 is 5.11 Å². The summed E-state index contributed by atoms with van der Waals surface area (Å²) in [4.78, 5) is 0. The molecule has 0 aliphatic heterocycles. The Balaban J connectivity index is 2.45. The summed E-state index contributed by atoms with van der Waals surface area (Å²) in [6, 6.07) is 0. The van der Waals surface area contributed by atoms with Crippen LogP contribution < -0.4 is 10.9 Å². The predicted molar refractivity (Wildman–Crippen MR) is 28.8 cm³/mol. The van der Waals surface area contributed by atoms with Gasteiger partial charge in [0.25, 0.3) is 0 Å². The number of hydrogen-bond donors (Lipinski definition) is 3. The largest absolute Gasteiger partial charge is 0.396 e. The summed E-state index contributed by atoms with van der Waals surface area (Å²) in [5.74, 6) is 0. The van der Waals surface area contributed by atoms with E-state index in [4.69, 9.17) is 5.11 Å². The van der Waals surface area contributed by atoms with E-state index in [1.807, 2.05) is 0 Å². The van der Waals surface area contributed by atoms with Crippen LogP contribution in [0.3, 0.4) is 0 Å². The van der Waals surface area contributed by atoms with Crippen molar-refractivity contribution in [2.45, 2.75) is 6.42 Å². The Morgan fingerprint density at radius 1 is 1.57 bits per heavy atom. The monoisotopic (exact) mass is 104 g/mol. The smallest absolute Gasteiger partial charge is 0.0443 e. The minimum atomic E-state index is 0.259. The Labute approximate surface area is 43.7 Å². The van der Waals surface area contributed by atoms with E-state index in [1.54, 1.807) is 7.05 Å². The number of rotatable bonds is 4. The number of hydrazine groups is 1. The Kier molecular flexibility index (Phi) is 5.78. The highest BCUT2D eigenvalue weighted by molar-refractivity contribution is 4.35. The summed E-state index contributed by atoms with van der Waals surface area (Å²) in [6.07, 6.45) is 0.806. The predicted octanol–water partition coefficient (Wildman–Crippen LogP) is -0.907. The maximum Gasteiger partial charge on any atom is 0.0443 e. The lowest BCUT2D eigenvalue weighted by Crippen LogP contribution is -2.28. The SMILES string of the molecule is CNNCCCO. The van der Waals surface area contributed by atoms with E-state index in [1.165, 1.54) is 0 Å². The zero-order valence-corrected chi connectivity index (χ0v) is 4.57. The lowest BCUT2D eigenvalue weighted by Gasteiger charge is -1.96. The number of hydrogen-bond acceptors (Lipinski definition) is 3. The molecule has 44 valence electrons. The van der Waals surface area contributed by atoms with Gasteiger partial charge in [0.05, 0.1) is 0 Å². The number of aliphatic hydroxyl groups excluding tert-OH is 1. The molecule has 3 nitrogen and oxygen atoms in total. The normalized spacial score (nSPS) is 9.43. The fourth-order valence-electron chi connectivity index (χ4n) is 0.292. The zero-order chi connectivity index (χ0) is 5.54. The van der Waals surface area contributed by atoms with Gasteiger partial charge in [0.2, 0.25) is 0 Å². The molecular formula is C4H12N2O. The van der Waals surface area contributed by atoms with E-state index in [0.29, 0.717) is 0 Å². The van der Waals surface area contributed by atoms with E-state index in [9.17, 15) is 0 Å². The van der Waals surface area contributed by atoms with Gasteiger partial charge in [0.1, 0.15) is 0 Å². The lowest BCUT2D eigenvalue weighted by molar-refractivity contribution is 0.284. The molecule has 0 fully saturated rings. The minimum Gasteiger partial charge on any atom is -0.396 e. The molecule has 0 heterocycles. The van der Waals surface area contributed by atoms with E-state index < -0.39 is 0 Å². The maximum atomic E-state index is 8.23. The molecule has 0 atom stereocenters. The molecule has 0 saturated heterocycles. The molecule has 0 spiro atoms. The lowest BCUT2D eigenvalue weighted by atomic mass is 10.5. The molecule has 3 N–H and O–H groups in total.